The van der Waals surface area contributed by atoms with Crippen molar-refractivity contribution in [1.82, 2.24) is 14.5 Å². The van der Waals surface area contributed by atoms with Gasteiger partial charge in [-0.15, -0.1) is 0 Å². The minimum absolute atomic E-state index is 0.0600. The minimum atomic E-state index is -4.25. The van der Waals surface area contributed by atoms with Gasteiger partial charge in [-0.3, -0.25) is 9.69 Å². The monoisotopic (exact) mass is 415 g/mol. The third-order valence-corrected chi connectivity index (χ3v) is 7.62. The fourth-order valence-electron chi connectivity index (χ4n) is 3.97. The molecule has 1 saturated heterocycles. The maximum atomic E-state index is 13.9. The van der Waals surface area contributed by atoms with Gasteiger partial charge in [0.05, 0.1) is 6.54 Å². The molecule has 1 aliphatic heterocycles. The molecule has 0 unspecified atom stereocenters. The van der Waals surface area contributed by atoms with Gasteiger partial charge in [0, 0.05) is 32.2 Å². The van der Waals surface area contributed by atoms with Crippen LogP contribution in [0.3, 0.4) is 0 Å². The molecule has 0 spiro atoms. The van der Waals surface area contributed by atoms with Crippen molar-refractivity contribution in [3.8, 4) is 0 Å². The molecule has 1 aromatic rings. The lowest BCUT2D eigenvalue weighted by atomic mass is 9.86. The van der Waals surface area contributed by atoms with Crippen LogP contribution in [0, 0.1) is 17.6 Å². The molecule has 1 amide bonds. The van der Waals surface area contributed by atoms with Gasteiger partial charge in [-0.1, -0.05) is 25.8 Å². The molecular weight excluding hydrogens is 388 g/mol. The lowest BCUT2D eigenvalue weighted by Gasteiger charge is -2.34. The standard InChI is InChI=1S/C19H27F2N3O3S/c1-14-5-2-3-8-17(14)22-18(25)13-23-9-11-24(12-10-23)28(26,27)19-15(20)6-4-7-16(19)21/h4,6-7,14,17H,2-3,5,8-13H2,1H3,(H,22,25)/t14-,17-/m0/s1. The van der Waals surface area contributed by atoms with Gasteiger partial charge in [-0.2, -0.15) is 4.31 Å². The second kappa shape index (κ2) is 8.84. The van der Waals surface area contributed by atoms with Gasteiger partial charge >= 0.3 is 0 Å². The highest BCUT2D eigenvalue weighted by atomic mass is 32.2. The van der Waals surface area contributed by atoms with Gasteiger partial charge in [-0.25, -0.2) is 17.2 Å². The van der Waals surface area contributed by atoms with Crippen molar-refractivity contribution in [2.45, 2.75) is 43.5 Å². The molecule has 6 nitrogen and oxygen atoms in total. The van der Waals surface area contributed by atoms with Crippen LogP contribution in [0.5, 0.6) is 0 Å². The van der Waals surface area contributed by atoms with Crippen LogP contribution in [0.1, 0.15) is 32.6 Å². The van der Waals surface area contributed by atoms with E-state index in [0.29, 0.717) is 19.0 Å². The molecule has 1 aliphatic carbocycles. The SMILES string of the molecule is C[C@H]1CCCC[C@@H]1NC(=O)CN1CCN(S(=O)(=O)c2c(F)cccc2F)CC1. The van der Waals surface area contributed by atoms with Gasteiger partial charge in [-0.05, 0) is 30.9 Å². The Labute approximate surface area is 164 Å². The summed E-state index contributed by atoms with van der Waals surface area (Å²) < 4.78 is 54.1. The predicted molar refractivity (Wildman–Crippen MR) is 101 cm³/mol. The van der Waals surface area contributed by atoms with E-state index in [9.17, 15) is 22.0 Å². The third kappa shape index (κ3) is 4.69. The molecule has 2 aliphatic rings. The summed E-state index contributed by atoms with van der Waals surface area (Å²) in [6, 6.07) is 3.20. The molecule has 1 aromatic carbocycles. The fraction of sp³-hybridized carbons (Fsp3) is 0.632. The molecule has 1 saturated carbocycles. The maximum absolute atomic E-state index is 13.9. The molecule has 3 rings (SSSR count). The Morgan fingerprint density at radius 1 is 1.11 bits per heavy atom. The smallest absolute Gasteiger partial charge is 0.249 e. The Morgan fingerprint density at radius 3 is 2.32 bits per heavy atom. The first-order valence-electron chi connectivity index (χ1n) is 9.75. The van der Waals surface area contributed by atoms with Crippen LogP contribution in [-0.4, -0.2) is 62.3 Å². The van der Waals surface area contributed by atoms with Crippen molar-refractivity contribution in [3.05, 3.63) is 29.8 Å². The topological polar surface area (TPSA) is 69.7 Å². The Hall–Kier alpha value is -1.58. The lowest BCUT2D eigenvalue weighted by Crippen LogP contribution is -2.52. The second-order valence-electron chi connectivity index (χ2n) is 7.67. The van der Waals surface area contributed by atoms with Crippen molar-refractivity contribution < 1.29 is 22.0 Å². The largest absolute Gasteiger partial charge is 0.352 e. The van der Waals surface area contributed by atoms with Crippen LogP contribution in [0.4, 0.5) is 8.78 Å². The summed E-state index contributed by atoms with van der Waals surface area (Å²) in [4.78, 5) is 13.3. The van der Waals surface area contributed by atoms with Crippen molar-refractivity contribution in [2.24, 2.45) is 5.92 Å². The van der Waals surface area contributed by atoms with Crippen molar-refractivity contribution in [3.63, 3.8) is 0 Å². The molecule has 1 heterocycles. The molecule has 0 aromatic heterocycles. The number of hydrogen-bond donors (Lipinski definition) is 1. The van der Waals surface area contributed by atoms with E-state index in [2.05, 4.69) is 12.2 Å². The Balaban J connectivity index is 1.55. The normalized spacial score (nSPS) is 24.8. The Bertz CT molecular complexity index is 790. The molecule has 2 atom stereocenters. The molecule has 0 bridgehead atoms. The zero-order valence-corrected chi connectivity index (χ0v) is 16.9. The van der Waals surface area contributed by atoms with Crippen LogP contribution in [-0.2, 0) is 14.8 Å². The molecule has 9 heteroatoms. The number of nitrogens with one attached hydrogen (secondary N) is 1. The van der Waals surface area contributed by atoms with Gasteiger partial charge in [0.1, 0.15) is 11.6 Å². The number of benzene rings is 1. The molecule has 2 fully saturated rings. The van der Waals surface area contributed by atoms with E-state index in [-0.39, 0.29) is 31.6 Å². The predicted octanol–water partition coefficient (Wildman–Crippen LogP) is 1.97. The summed E-state index contributed by atoms with van der Waals surface area (Å²) in [6.45, 7) is 3.19. The zero-order chi connectivity index (χ0) is 20.3. The van der Waals surface area contributed by atoms with Gasteiger partial charge in [0.25, 0.3) is 0 Å². The average molecular weight is 416 g/mol. The summed E-state index contributed by atoms with van der Waals surface area (Å²) in [5.74, 6) is -1.78. The number of hydrogen-bond acceptors (Lipinski definition) is 4. The van der Waals surface area contributed by atoms with Gasteiger partial charge in [0.2, 0.25) is 15.9 Å². The number of nitrogens with zero attached hydrogens (tertiary/aromatic N) is 2. The Morgan fingerprint density at radius 2 is 1.71 bits per heavy atom. The first-order chi connectivity index (χ1) is 13.3. The summed E-state index contributed by atoms with van der Waals surface area (Å²) in [5.41, 5.74) is 0. The molecule has 0 radical (unpaired) electrons. The maximum Gasteiger partial charge on any atom is 0.249 e. The number of piperazine rings is 1. The highest BCUT2D eigenvalue weighted by Crippen LogP contribution is 2.25. The van der Waals surface area contributed by atoms with Gasteiger partial charge in [0.15, 0.2) is 4.90 Å². The van der Waals surface area contributed by atoms with Crippen molar-refractivity contribution in [1.29, 1.82) is 0 Å². The second-order valence-corrected chi connectivity index (χ2v) is 9.54. The average Bonchev–Trinajstić information content (AvgIpc) is 2.64. The van der Waals surface area contributed by atoms with E-state index in [4.69, 9.17) is 0 Å². The van der Waals surface area contributed by atoms with E-state index in [0.717, 1.165) is 41.8 Å². The summed E-state index contributed by atoms with van der Waals surface area (Å²) in [7, 11) is -4.25. The number of carbonyl (C=O) groups excluding carboxylic acids is 1. The summed E-state index contributed by atoms with van der Waals surface area (Å²) in [5, 5.41) is 3.09. The van der Waals surface area contributed by atoms with Crippen LogP contribution in [0.15, 0.2) is 23.1 Å². The molecular formula is C19H27F2N3O3S. The first kappa shape index (κ1) is 21.1. The van der Waals surface area contributed by atoms with Crippen LogP contribution >= 0.6 is 0 Å². The molecule has 1 N–H and O–H groups in total. The van der Waals surface area contributed by atoms with Crippen LogP contribution in [0.2, 0.25) is 0 Å². The number of carbonyl (C=O) groups is 1. The van der Waals surface area contributed by atoms with Gasteiger partial charge < -0.3 is 5.32 Å². The first-order valence-corrected chi connectivity index (χ1v) is 11.2. The highest BCUT2D eigenvalue weighted by molar-refractivity contribution is 7.89. The van der Waals surface area contributed by atoms with E-state index in [1.807, 2.05) is 4.90 Å². The summed E-state index contributed by atoms with van der Waals surface area (Å²) in [6.07, 6.45) is 4.44. The van der Waals surface area contributed by atoms with Crippen molar-refractivity contribution in [2.75, 3.05) is 32.7 Å². The van der Waals surface area contributed by atoms with E-state index < -0.39 is 26.6 Å². The number of amides is 1. The van der Waals surface area contributed by atoms with E-state index in [1.54, 1.807) is 0 Å². The lowest BCUT2D eigenvalue weighted by molar-refractivity contribution is -0.123. The van der Waals surface area contributed by atoms with Crippen LogP contribution in [0.25, 0.3) is 0 Å². The Kier molecular flexibility index (Phi) is 6.67. The van der Waals surface area contributed by atoms with Crippen LogP contribution < -0.4 is 5.32 Å². The van der Waals surface area contributed by atoms with Crippen molar-refractivity contribution >= 4 is 15.9 Å². The van der Waals surface area contributed by atoms with E-state index in [1.165, 1.54) is 6.42 Å². The number of sulfonamides is 1. The quantitative estimate of drug-likeness (QED) is 0.798. The summed E-state index contributed by atoms with van der Waals surface area (Å²) >= 11 is 0. The fourth-order valence-corrected chi connectivity index (χ4v) is 5.50. The third-order valence-electron chi connectivity index (χ3n) is 5.67. The molecule has 28 heavy (non-hydrogen) atoms. The molecule has 156 valence electrons. The number of rotatable bonds is 5. The minimum Gasteiger partial charge on any atom is -0.352 e. The highest BCUT2D eigenvalue weighted by Gasteiger charge is 2.33. The number of halogens is 2. The zero-order valence-electron chi connectivity index (χ0n) is 16.0. The van der Waals surface area contributed by atoms with E-state index >= 15 is 0 Å².